The minimum atomic E-state index is -3.63. The van der Waals surface area contributed by atoms with Crippen molar-refractivity contribution >= 4 is 21.6 Å². The Morgan fingerprint density at radius 3 is 2.56 bits per heavy atom. The number of hydrogen-bond acceptors (Lipinski definition) is 4. The summed E-state index contributed by atoms with van der Waals surface area (Å²) < 4.78 is 32.3. The Balaban J connectivity index is 1.32. The third-order valence-corrected chi connectivity index (χ3v) is 7.21. The number of furan rings is 1. The molecule has 2 N–H and O–H groups in total. The van der Waals surface area contributed by atoms with Crippen LogP contribution in [-0.2, 0) is 21.4 Å². The molecule has 1 heterocycles. The van der Waals surface area contributed by atoms with Crippen LogP contribution in [0.4, 0.5) is 5.69 Å². The summed E-state index contributed by atoms with van der Waals surface area (Å²) in [6, 6.07) is 9.66. The molecule has 27 heavy (non-hydrogen) atoms. The van der Waals surface area contributed by atoms with Gasteiger partial charge in [-0.2, -0.15) is 0 Å². The van der Waals surface area contributed by atoms with Crippen LogP contribution in [0, 0.1) is 17.8 Å². The van der Waals surface area contributed by atoms with Crippen LogP contribution >= 0.6 is 0 Å². The Labute approximate surface area is 159 Å². The highest BCUT2D eigenvalue weighted by Gasteiger charge is 2.40. The SMILES string of the molecule is O=C(C[C@H]1C[C@@H]2CC[C@@H]1C2)Nc1ccc(S(=O)(=O)NCc2ccco2)cc1. The van der Waals surface area contributed by atoms with Crippen LogP contribution in [0.5, 0.6) is 0 Å². The molecule has 2 aliphatic rings. The van der Waals surface area contributed by atoms with Gasteiger partial charge < -0.3 is 9.73 Å². The Bertz CT molecular complexity index is 891. The zero-order chi connectivity index (χ0) is 18.9. The van der Waals surface area contributed by atoms with Crippen molar-refractivity contribution in [3.05, 3.63) is 48.4 Å². The van der Waals surface area contributed by atoms with E-state index in [4.69, 9.17) is 4.42 Å². The number of nitrogens with one attached hydrogen (secondary N) is 2. The largest absolute Gasteiger partial charge is 0.468 e. The fraction of sp³-hybridized carbons (Fsp3) is 0.450. The van der Waals surface area contributed by atoms with E-state index in [0.717, 1.165) is 5.92 Å². The highest BCUT2D eigenvalue weighted by atomic mass is 32.2. The molecule has 144 valence electrons. The fourth-order valence-electron chi connectivity index (χ4n) is 4.46. The highest BCUT2D eigenvalue weighted by Crippen LogP contribution is 2.49. The summed E-state index contributed by atoms with van der Waals surface area (Å²) in [7, 11) is -3.63. The number of amides is 1. The van der Waals surface area contributed by atoms with E-state index in [2.05, 4.69) is 10.0 Å². The molecular formula is C20H24N2O4S. The van der Waals surface area contributed by atoms with Gasteiger partial charge in [0.2, 0.25) is 15.9 Å². The predicted molar refractivity (Wildman–Crippen MR) is 101 cm³/mol. The molecule has 1 aromatic heterocycles. The summed E-state index contributed by atoms with van der Waals surface area (Å²) >= 11 is 0. The molecule has 2 saturated carbocycles. The molecule has 0 radical (unpaired) electrons. The van der Waals surface area contributed by atoms with Gasteiger partial charge in [0.05, 0.1) is 17.7 Å². The summed E-state index contributed by atoms with van der Waals surface area (Å²) in [6.07, 6.45) is 7.11. The van der Waals surface area contributed by atoms with Crippen LogP contribution in [0.2, 0.25) is 0 Å². The van der Waals surface area contributed by atoms with Gasteiger partial charge in [-0.25, -0.2) is 13.1 Å². The number of hydrogen-bond donors (Lipinski definition) is 2. The first-order chi connectivity index (χ1) is 13.0. The number of benzene rings is 1. The number of carbonyl (C=O) groups excluding carboxylic acids is 1. The normalized spacial score (nSPS) is 24.2. The van der Waals surface area contributed by atoms with E-state index < -0.39 is 10.0 Å². The van der Waals surface area contributed by atoms with Crippen molar-refractivity contribution in [3.63, 3.8) is 0 Å². The van der Waals surface area contributed by atoms with Crippen LogP contribution in [0.3, 0.4) is 0 Å². The van der Waals surface area contributed by atoms with Gasteiger partial charge in [-0.05, 0) is 73.4 Å². The lowest BCUT2D eigenvalue weighted by molar-refractivity contribution is -0.117. The van der Waals surface area contributed by atoms with Gasteiger partial charge in [-0.3, -0.25) is 4.79 Å². The molecule has 6 nitrogen and oxygen atoms in total. The Morgan fingerprint density at radius 2 is 1.93 bits per heavy atom. The van der Waals surface area contributed by atoms with E-state index in [1.165, 1.54) is 44.1 Å². The second-order valence-corrected chi connectivity index (χ2v) is 9.38. The maximum Gasteiger partial charge on any atom is 0.240 e. The Kier molecular flexibility index (Phi) is 5.06. The molecule has 2 fully saturated rings. The lowest BCUT2D eigenvalue weighted by atomic mass is 9.86. The molecule has 2 bridgehead atoms. The van der Waals surface area contributed by atoms with Crippen molar-refractivity contribution in [2.45, 2.75) is 43.5 Å². The topological polar surface area (TPSA) is 88.4 Å². The van der Waals surface area contributed by atoms with Crippen molar-refractivity contribution in [3.8, 4) is 0 Å². The van der Waals surface area contributed by atoms with Crippen molar-refractivity contribution in [1.29, 1.82) is 0 Å². The average molecular weight is 388 g/mol. The summed E-state index contributed by atoms with van der Waals surface area (Å²) in [5, 5.41) is 2.89. The van der Waals surface area contributed by atoms with Crippen LogP contribution in [0.25, 0.3) is 0 Å². The molecule has 2 aromatic rings. The zero-order valence-corrected chi connectivity index (χ0v) is 15.9. The van der Waals surface area contributed by atoms with E-state index in [-0.39, 0.29) is 17.3 Å². The van der Waals surface area contributed by atoms with Crippen LogP contribution in [0.1, 0.15) is 37.9 Å². The molecule has 0 spiro atoms. The van der Waals surface area contributed by atoms with E-state index in [1.54, 1.807) is 24.3 Å². The first kappa shape index (κ1) is 18.3. The van der Waals surface area contributed by atoms with Crippen molar-refractivity contribution in [2.75, 3.05) is 5.32 Å². The average Bonchev–Trinajstić information content (AvgIpc) is 3.39. The standard InChI is InChI=1S/C20H24N2O4S/c23-20(12-16-11-14-3-4-15(16)10-14)22-17-5-7-19(8-6-17)27(24,25)21-13-18-2-1-9-26-18/h1-2,5-9,14-16,21H,3-4,10-13H2,(H,22,23)/t14-,15-,16-/m1/s1. The van der Waals surface area contributed by atoms with Crippen molar-refractivity contribution in [1.82, 2.24) is 4.72 Å². The quantitative estimate of drug-likeness (QED) is 0.759. The van der Waals surface area contributed by atoms with Gasteiger partial charge in [-0.15, -0.1) is 0 Å². The predicted octanol–water partition coefficient (Wildman–Crippen LogP) is 3.52. The minimum Gasteiger partial charge on any atom is -0.468 e. The number of sulfonamides is 1. The second kappa shape index (κ2) is 7.48. The molecule has 1 amide bonds. The van der Waals surface area contributed by atoms with Crippen LogP contribution < -0.4 is 10.0 Å². The van der Waals surface area contributed by atoms with E-state index in [9.17, 15) is 13.2 Å². The van der Waals surface area contributed by atoms with Crippen LogP contribution in [-0.4, -0.2) is 14.3 Å². The first-order valence-electron chi connectivity index (χ1n) is 9.41. The van der Waals surface area contributed by atoms with Crippen molar-refractivity contribution in [2.24, 2.45) is 17.8 Å². The summed E-state index contributed by atoms with van der Waals surface area (Å²) in [5.41, 5.74) is 0.619. The molecule has 1 aromatic carbocycles. The van der Waals surface area contributed by atoms with Gasteiger partial charge in [0, 0.05) is 12.1 Å². The molecule has 2 aliphatic carbocycles. The lowest BCUT2D eigenvalue weighted by Crippen LogP contribution is -2.23. The third kappa shape index (κ3) is 4.25. The van der Waals surface area contributed by atoms with Gasteiger partial charge in [0.1, 0.15) is 5.76 Å². The van der Waals surface area contributed by atoms with E-state index in [0.29, 0.717) is 29.7 Å². The minimum absolute atomic E-state index is 0.0131. The zero-order valence-electron chi connectivity index (χ0n) is 15.1. The van der Waals surface area contributed by atoms with Gasteiger partial charge in [0.15, 0.2) is 0 Å². The molecule has 3 atom stereocenters. The summed E-state index contributed by atoms with van der Waals surface area (Å²) in [6.45, 7) is 0.0946. The Hall–Kier alpha value is -2.12. The monoisotopic (exact) mass is 388 g/mol. The fourth-order valence-corrected chi connectivity index (χ4v) is 5.45. The maximum atomic E-state index is 12.3. The molecule has 7 heteroatoms. The van der Waals surface area contributed by atoms with E-state index in [1.807, 2.05) is 0 Å². The summed E-state index contributed by atoms with van der Waals surface area (Å²) in [4.78, 5) is 12.5. The number of rotatable bonds is 7. The first-order valence-corrected chi connectivity index (χ1v) is 10.9. The van der Waals surface area contributed by atoms with Gasteiger partial charge in [0.25, 0.3) is 0 Å². The number of fused-ring (bicyclic) bond motifs is 2. The second-order valence-electron chi connectivity index (χ2n) is 7.62. The molecule has 4 rings (SSSR count). The molecule has 0 saturated heterocycles. The lowest BCUT2D eigenvalue weighted by Gasteiger charge is -2.20. The van der Waals surface area contributed by atoms with Gasteiger partial charge in [-0.1, -0.05) is 6.42 Å². The molecule has 0 aliphatic heterocycles. The number of anilines is 1. The van der Waals surface area contributed by atoms with Gasteiger partial charge >= 0.3 is 0 Å². The maximum absolute atomic E-state index is 12.3. The third-order valence-electron chi connectivity index (χ3n) is 5.80. The molecule has 0 unspecified atom stereocenters. The summed E-state index contributed by atoms with van der Waals surface area (Å²) in [5.74, 6) is 2.61. The smallest absolute Gasteiger partial charge is 0.240 e. The number of carbonyl (C=O) groups is 1. The Morgan fingerprint density at radius 1 is 1.11 bits per heavy atom. The van der Waals surface area contributed by atoms with Crippen molar-refractivity contribution < 1.29 is 17.6 Å². The van der Waals surface area contributed by atoms with Crippen LogP contribution in [0.15, 0.2) is 52.0 Å². The molecular weight excluding hydrogens is 364 g/mol. The highest BCUT2D eigenvalue weighted by molar-refractivity contribution is 7.89. The van der Waals surface area contributed by atoms with E-state index >= 15 is 0 Å².